The van der Waals surface area contributed by atoms with E-state index in [-0.39, 0.29) is 11.4 Å². The Morgan fingerprint density at radius 3 is 2.71 bits per heavy atom. The first-order chi connectivity index (χ1) is 7.97. The summed E-state index contributed by atoms with van der Waals surface area (Å²) in [5.74, 6) is -0.566. The molecule has 1 aromatic carbocycles. The molecule has 6 heteroatoms. The van der Waals surface area contributed by atoms with Gasteiger partial charge in [0.25, 0.3) is 5.91 Å². The molecule has 1 aromatic rings. The van der Waals surface area contributed by atoms with Crippen LogP contribution < -0.4 is 10.5 Å². The number of hydrogen-bond acceptors (Lipinski definition) is 4. The van der Waals surface area contributed by atoms with Crippen LogP contribution >= 0.6 is 0 Å². The highest BCUT2D eigenvalue weighted by Crippen LogP contribution is 2.31. The van der Waals surface area contributed by atoms with Crippen molar-refractivity contribution in [2.45, 2.75) is 26.4 Å². The van der Waals surface area contributed by atoms with Gasteiger partial charge in [0.05, 0.1) is 4.92 Å². The number of nitrogens with two attached hydrogens (primary N) is 1. The Hall–Kier alpha value is -2.11. The van der Waals surface area contributed by atoms with Crippen LogP contribution in [0.3, 0.4) is 0 Å². The van der Waals surface area contributed by atoms with Gasteiger partial charge in [-0.05, 0) is 19.4 Å². The number of carbonyl (C=O) groups is 1. The highest BCUT2D eigenvalue weighted by atomic mass is 16.6. The molecular weight excluding hydrogens is 224 g/mol. The quantitative estimate of drug-likeness (QED) is 0.621. The maximum atomic E-state index is 11.0. The molecule has 92 valence electrons. The lowest BCUT2D eigenvalue weighted by atomic mass is 10.2. The summed E-state index contributed by atoms with van der Waals surface area (Å²) in [6.45, 7) is 3.33. The molecule has 0 saturated heterocycles. The van der Waals surface area contributed by atoms with Crippen molar-refractivity contribution >= 4 is 11.6 Å². The number of primary amides is 1. The van der Waals surface area contributed by atoms with Gasteiger partial charge in [-0.1, -0.05) is 19.1 Å². The molecule has 0 fully saturated rings. The molecular formula is C11H14N2O4. The zero-order valence-corrected chi connectivity index (χ0v) is 9.67. The second-order valence-electron chi connectivity index (χ2n) is 3.60. The van der Waals surface area contributed by atoms with E-state index in [0.717, 1.165) is 0 Å². The number of hydrogen-bond donors (Lipinski definition) is 1. The van der Waals surface area contributed by atoms with E-state index in [1.54, 1.807) is 26.0 Å². The van der Waals surface area contributed by atoms with Crippen LogP contribution in [-0.2, 0) is 4.79 Å². The van der Waals surface area contributed by atoms with Gasteiger partial charge in [-0.15, -0.1) is 0 Å². The fourth-order valence-corrected chi connectivity index (χ4v) is 1.46. The highest BCUT2D eigenvalue weighted by Gasteiger charge is 2.23. The molecule has 0 radical (unpaired) electrons. The van der Waals surface area contributed by atoms with Crippen LogP contribution in [0.1, 0.15) is 18.9 Å². The Balaban J connectivity index is 3.10. The number of nitro benzene ring substituents is 1. The van der Waals surface area contributed by atoms with E-state index < -0.39 is 16.9 Å². The number of rotatable bonds is 5. The highest BCUT2D eigenvalue weighted by molar-refractivity contribution is 5.79. The van der Waals surface area contributed by atoms with Crippen molar-refractivity contribution < 1.29 is 14.5 Å². The van der Waals surface area contributed by atoms with Crippen molar-refractivity contribution in [3.8, 4) is 5.75 Å². The normalized spacial score (nSPS) is 11.9. The Labute approximate surface area is 98.5 Å². The average Bonchev–Trinajstić information content (AvgIpc) is 2.24. The summed E-state index contributed by atoms with van der Waals surface area (Å²) in [5.41, 5.74) is 5.47. The number of nitrogens with zero attached hydrogens (tertiary/aromatic N) is 1. The standard InChI is InChI=1S/C11H14N2O4/c1-3-8(11(12)14)17-9-6-4-5-7(2)10(9)13(15)16/h4-6,8H,3H2,1-2H3,(H2,12,14). The minimum Gasteiger partial charge on any atom is -0.473 e. The van der Waals surface area contributed by atoms with E-state index in [1.165, 1.54) is 6.07 Å². The van der Waals surface area contributed by atoms with Crippen molar-refractivity contribution in [2.75, 3.05) is 0 Å². The van der Waals surface area contributed by atoms with E-state index in [0.29, 0.717) is 12.0 Å². The lowest BCUT2D eigenvalue weighted by molar-refractivity contribution is -0.386. The lowest BCUT2D eigenvalue weighted by Gasteiger charge is -2.14. The van der Waals surface area contributed by atoms with Gasteiger partial charge in [0.15, 0.2) is 11.9 Å². The largest absolute Gasteiger partial charge is 0.473 e. The van der Waals surface area contributed by atoms with E-state index in [4.69, 9.17) is 10.5 Å². The predicted octanol–water partition coefficient (Wildman–Crippen LogP) is 1.55. The smallest absolute Gasteiger partial charge is 0.313 e. The monoisotopic (exact) mass is 238 g/mol. The molecule has 0 saturated carbocycles. The number of para-hydroxylation sites is 1. The molecule has 0 bridgehead atoms. The summed E-state index contributed by atoms with van der Waals surface area (Å²) >= 11 is 0. The molecule has 6 nitrogen and oxygen atoms in total. The fourth-order valence-electron chi connectivity index (χ4n) is 1.46. The zero-order valence-electron chi connectivity index (χ0n) is 9.67. The number of nitro groups is 1. The Morgan fingerprint density at radius 1 is 1.59 bits per heavy atom. The molecule has 0 spiro atoms. The lowest BCUT2D eigenvalue weighted by Crippen LogP contribution is -2.33. The topological polar surface area (TPSA) is 95.5 Å². The van der Waals surface area contributed by atoms with Crippen molar-refractivity contribution in [3.63, 3.8) is 0 Å². The average molecular weight is 238 g/mol. The maximum Gasteiger partial charge on any atom is 0.313 e. The first kappa shape index (κ1) is 13.0. The van der Waals surface area contributed by atoms with Crippen LogP contribution in [0.5, 0.6) is 5.75 Å². The molecule has 0 aliphatic heterocycles. The first-order valence-electron chi connectivity index (χ1n) is 5.17. The second-order valence-corrected chi connectivity index (χ2v) is 3.60. The summed E-state index contributed by atoms with van der Waals surface area (Å²) < 4.78 is 5.28. The number of aryl methyl sites for hydroxylation is 1. The third-order valence-electron chi connectivity index (χ3n) is 2.34. The van der Waals surface area contributed by atoms with Crippen molar-refractivity contribution in [2.24, 2.45) is 5.73 Å². The molecule has 1 amide bonds. The van der Waals surface area contributed by atoms with Crippen molar-refractivity contribution in [3.05, 3.63) is 33.9 Å². The molecule has 1 rings (SSSR count). The SMILES string of the molecule is CCC(Oc1cccc(C)c1[N+](=O)[O-])C(N)=O. The molecule has 0 aliphatic carbocycles. The third-order valence-corrected chi connectivity index (χ3v) is 2.34. The van der Waals surface area contributed by atoms with Gasteiger partial charge in [-0.2, -0.15) is 0 Å². The predicted molar refractivity (Wildman–Crippen MR) is 61.7 cm³/mol. The van der Waals surface area contributed by atoms with Crippen LogP contribution in [-0.4, -0.2) is 16.9 Å². The first-order valence-corrected chi connectivity index (χ1v) is 5.17. The van der Waals surface area contributed by atoms with E-state index >= 15 is 0 Å². The number of amides is 1. The molecule has 0 heterocycles. The molecule has 1 atom stereocenters. The Morgan fingerprint density at radius 2 is 2.24 bits per heavy atom. The second kappa shape index (κ2) is 5.29. The number of ether oxygens (including phenoxy) is 1. The van der Waals surface area contributed by atoms with Crippen molar-refractivity contribution in [1.29, 1.82) is 0 Å². The Kier molecular flexibility index (Phi) is 4.03. The maximum absolute atomic E-state index is 11.0. The van der Waals surface area contributed by atoms with Gasteiger partial charge in [0.2, 0.25) is 0 Å². The summed E-state index contributed by atoms with van der Waals surface area (Å²) in [4.78, 5) is 21.4. The van der Waals surface area contributed by atoms with Gasteiger partial charge < -0.3 is 10.5 Å². The van der Waals surface area contributed by atoms with Gasteiger partial charge in [0, 0.05) is 5.56 Å². The zero-order chi connectivity index (χ0) is 13.0. The van der Waals surface area contributed by atoms with Gasteiger partial charge in [0.1, 0.15) is 0 Å². The molecule has 1 unspecified atom stereocenters. The van der Waals surface area contributed by atoms with Crippen LogP contribution in [0.4, 0.5) is 5.69 Å². The van der Waals surface area contributed by atoms with Crippen LogP contribution in [0.25, 0.3) is 0 Å². The fraction of sp³-hybridized carbons (Fsp3) is 0.364. The third kappa shape index (κ3) is 2.93. The van der Waals surface area contributed by atoms with E-state index in [1.807, 2.05) is 0 Å². The number of carbonyl (C=O) groups excluding carboxylic acids is 1. The van der Waals surface area contributed by atoms with Gasteiger partial charge in [-0.3, -0.25) is 14.9 Å². The van der Waals surface area contributed by atoms with Crippen LogP contribution in [0, 0.1) is 17.0 Å². The van der Waals surface area contributed by atoms with Crippen LogP contribution in [0.15, 0.2) is 18.2 Å². The molecule has 17 heavy (non-hydrogen) atoms. The summed E-state index contributed by atoms with van der Waals surface area (Å²) in [5, 5.41) is 10.9. The minimum absolute atomic E-state index is 0.0700. The molecule has 0 aliphatic rings. The van der Waals surface area contributed by atoms with Gasteiger partial charge >= 0.3 is 5.69 Å². The summed E-state index contributed by atoms with van der Waals surface area (Å²) in [6, 6.07) is 4.69. The van der Waals surface area contributed by atoms with Crippen LogP contribution in [0.2, 0.25) is 0 Å². The van der Waals surface area contributed by atoms with E-state index in [9.17, 15) is 14.9 Å². The molecule has 2 N–H and O–H groups in total. The van der Waals surface area contributed by atoms with Crippen molar-refractivity contribution in [1.82, 2.24) is 0 Å². The van der Waals surface area contributed by atoms with E-state index in [2.05, 4.69) is 0 Å². The number of benzene rings is 1. The molecule has 0 aromatic heterocycles. The van der Waals surface area contributed by atoms with Gasteiger partial charge in [-0.25, -0.2) is 0 Å². The summed E-state index contributed by atoms with van der Waals surface area (Å²) in [7, 11) is 0. The summed E-state index contributed by atoms with van der Waals surface area (Å²) in [6.07, 6.45) is -0.490. The minimum atomic E-state index is -0.851. The Bertz CT molecular complexity index is 445.